The van der Waals surface area contributed by atoms with Gasteiger partial charge in [0.05, 0.1) is 12.1 Å². The van der Waals surface area contributed by atoms with Crippen LogP contribution in [0, 0.1) is 0 Å². The highest BCUT2D eigenvalue weighted by molar-refractivity contribution is 5.15. The normalized spacial score (nSPS) is 29.6. The quantitative estimate of drug-likeness (QED) is 0.851. The molecule has 1 saturated carbocycles. The van der Waals surface area contributed by atoms with Gasteiger partial charge in [0.1, 0.15) is 11.9 Å². The molecular formula is C16H27NO2. The van der Waals surface area contributed by atoms with Gasteiger partial charge in [-0.2, -0.15) is 0 Å². The van der Waals surface area contributed by atoms with Gasteiger partial charge in [0, 0.05) is 0 Å². The van der Waals surface area contributed by atoms with Crippen LogP contribution in [0.4, 0.5) is 0 Å². The zero-order chi connectivity index (χ0) is 13.1. The lowest BCUT2D eigenvalue weighted by atomic mass is 9.84. The van der Waals surface area contributed by atoms with Crippen molar-refractivity contribution in [1.29, 1.82) is 0 Å². The summed E-state index contributed by atoms with van der Waals surface area (Å²) in [6.07, 6.45) is 12.6. The summed E-state index contributed by atoms with van der Waals surface area (Å²) in [6, 6.07) is 0. The van der Waals surface area contributed by atoms with Crippen molar-refractivity contribution in [2.45, 2.75) is 69.4 Å². The zero-order valence-electron chi connectivity index (χ0n) is 11.9. The molecule has 0 bridgehead atoms. The van der Waals surface area contributed by atoms with Gasteiger partial charge in [0.15, 0.2) is 0 Å². The van der Waals surface area contributed by atoms with Gasteiger partial charge in [-0.3, -0.25) is 4.90 Å². The maximum Gasteiger partial charge on any atom is 0.129 e. The summed E-state index contributed by atoms with van der Waals surface area (Å²) in [7, 11) is 0. The van der Waals surface area contributed by atoms with E-state index in [1.165, 1.54) is 32.1 Å². The average molecular weight is 265 g/mol. The summed E-state index contributed by atoms with van der Waals surface area (Å²) in [5.41, 5.74) is -0.0242. The van der Waals surface area contributed by atoms with Crippen LogP contribution < -0.4 is 0 Å². The Labute approximate surface area is 116 Å². The Morgan fingerprint density at radius 1 is 1.05 bits per heavy atom. The largest absolute Gasteiger partial charge is 0.495 e. The molecule has 1 N–H and O–H groups in total. The molecule has 19 heavy (non-hydrogen) atoms. The lowest BCUT2D eigenvalue weighted by molar-refractivity contribution is -0.0484. The summed E-state index contributed by atoms with van der Waals surface area (Å²) < 4.78 is 5.75. The van der Waals surface area contributed by atoms with Crippen LogP contribution in [-0.4, -0.2) is 41.3 Å². The first-order valence-electron chi connectivity index (χ1n) is 8.09. The first kappa shape index (κ1) is 13.4. The van der Waals surface area contributed by atoms with Gasteiger partial charge in [-0.05, 0) is 57.7 Å². The van der Waals surface area contributed by atoms with Gasteiger partial charge >= 0.3 is 0 Å². The molecule has 0 spiro atoms. The lowest BCUT2D eigenvalue weighted by Crippen LogP contribution is -2.57. The van der Waals surface area contributed by atoms with Crippen molar-refractivity contribution >= 4 is 0 Å². The number of nitrogens with zero attached hydrogens (tertiary/aromatic N) is 1. The first-order valence-corrected chi connectivity index (χ1v) is 8.09. The Balaban J connectivity index is 1.80. The van der Waals surface area contributed by atoms with Crippen LogP contribution in [0.15, 0.2) is 11.8 Å². The number of hydrogen-bond donors (Lipinski definition) is 1. The van der Waals surface area contributed by atoms with Crippen LogP contribution in [0.2, 0.25) is 0 Å². The highest BCUT2D eigenvalue weighted by atomic mass is 16.5. The van der Waals surface area contributed by atoms with Crippen LogP contribution in [-0.2, 0) is 4.74 Å². The topological polar surface area (TPSA) is 32.7 Å². The predicted octanol–water partition coefficient (Wildman–Crippen LogP) is 2.84. The predicted molar refractivity (Wildman–Crippen MR) is 75.9 cm³/mol. The molecule has 2 aliphatic heterocycles. The minimum Gasteiger partial charge on any atom is -0.495 e. The van der Waals surface area contributed by atoms with Crippen LogP contribution in [0.1, 0.15) is 57.8 Å². The van der Waals surface area contributed by atoms with Crippen molar-refractivity contribution in [3.8, 4) is 0 Å². The fourth-order valence-corrected chi connectivity index (χ4v) is 4.12. The van der Waals surface area contributed by atoms with E-state index in [-0.39, 0.29) is 5.54 Å². The van der Waals surface area contributed by atoms with Crippen molar-refractivity contribution in [2.24, 2.45) is 0 Å². The molecule has 0 radical (unpaired) electrons. The van der Waals surface area contributed by atoms with E-state index in [0.29, 0.717) is 0 Å². The minimum absolute atomic E-state index is 0.0242. The molecule has 1 atom stereocenters. The highest BCUT2D eigenvalue weighted by Gasteiger charge is 2.47. The lowest BCUT2D eigenvalue weighted by Gasteiger charge is -2.47. The van der Waals surface area contributed by atoms with E-state index in [9.17, 15) is 5.11 Å². The second-order valence-corrected chi connectivity index (χ2v) is 6.36. The molecular weight excluding hydrogens is 238 g/mol. The number of aliphatic hydroxyl groups is 1. The molecule has 0 aromatic rings. The molecule has 3 aliphatic rings. The molecule has 3 heteroatoms. The number of likely N-dealkylation sites (tertiary alicyclic amines) is 1. The second kappa shape index (κ2) is 5.84. The summed E-state index contributed by atoms with van der Waals surface area (Å²) in [5.74, 6) is 0.860. The third kappa shape index (κ3) is 2.55. The number of hydrogen-bond acceptors (Lipinski definition) is 3. The van der Waals surface area contributed by atoms with E-state index in [1.807, 2.05) is 0 Å². The molecule has 0 amide bonds. The third-order valence-electron chi connectivity index (χ3n) is 5.20. The van der Waals surface area contributed by atoms with Crippen molar-refractivity contribution in [1.82, 2.24) is 4.90 Å². The Hall–Kier alpha value is -0.540. The van der Waals surface area contributed by atoms with Gasteiger partial charge < -0.3 is 9.84 Å². The maximum atomic E-state index is 10.9. The van der Waals surface area contributed by atoms with Crippen molar-refractivity contribution in [2.75, 3.05) is 19.7 Å². The summed E-state index contributed by atoms with van der Waals surface area (Å²) in [5, 5.41) is 10.9. The Morgan fingerprint density at radius 3 is 2.42 bits per heavy atom. The van der Waals surface area contributed by atoms with Gasteiger partial charge in [-0.25, -0.2) is 0 Å². The maximum absolute atomic E-state index is 10.9. The zero-order valence-corrected chi connectivity index (χ0v) is 11.9. The molecule has 108 valence electrons. The van der Waals surface area contributed by atoms with Gasteiger partial charge in [0.2, 0.25) is 0 Å². The minimum atomic E-state index is -0.409. The van der Waals surface area contributed by atoms with Gasteiger partial charge in [-0.15, -0.1) is 0 Å². The summed E-state index contributed by atoms with van der Waals surface area (Å²) >= 11 is 0. The standard InChI is InChI=1S/C16H27NO2/c18-15(14-8-2-7-13-19-14)16(9-3-4-10-16)17-11-5-1-6-12-17/h8,15,18H,1-7,9-13H2. The van der Waals surface area contributed by atoms with E-state index in [1.54, 1.807) is 0 Å². The Bertz CT molecular complexity index is 328. The smallest absolute Gasteiger partial charge is 0.129 e. The first-order chi connectivity index (χ1) is 9.33. The molecule has 1 saturated heterocycles. The summed E-state index contributed by atoms with van der Waals surface area (Å²) in [6.45, 7) is 3.09. The molecule has 3 nitrogen and oxygen atoms in total. The van der Waals surface area contributed by atoms with Gasteiger partial charge in [-0.1, -0.05) is 19.3 Å². The van der Waals surface area contributed by atoms with Gasteiger partial charge in [0.25, 0.3) is 0 Å². The fourth-order valence-electron chi connectivity index (χ4n) is 4.12. The van der Waals surface area contributed by atoms with Crippen LogP contribution in [0.25, 0.3) is 0 Å². The Morgan fingerprint density at radius 2 is 1.79 bits per heavy atom. The molecule has 2 fully saturated rings. The Kier molecular flexibility index (Phi) is 4.13. The SMILES string of the molecule is OC(C1=CCCCO1)C1(N2CCCCC2)CCCC1. The second-order valence-electron chi connectivity index (χ2n) is 6.36. The molecule has 0 aromatic carbocycles. The molecule has 3 rings (SSSR count). The average Bonchev–Trinajstić information content (AvgIpc) is 2.99. The van der Waals surface area contributed by atoms with E-state index in [4.69, 9.17) is 4.74 Å². The monoisotopic (exact) mass is 265 g/mol. The van der Waals surface area contributed by atoms with Crippen molar-refractivity contribution in [3.63, 3.8) is 0 Å². The molecule has 1 aliphatic carbocycles. The van der Waals surface area contributed by atoms with Crippen LogP contribution in [0.5, 0.6) is 0 Å². The molecule has 2 heterocycles. The molecule has 0 aromatic heterocycles. The number of aliphatic hydroxyl groups excluding tert-OH is 1. The van der Waals surface area contributed by atoms with Crippen molar-refractivity contribution < 1.29 is 9.84 Å². The van der Waals surface area contributed by atoms with Crippen molar-refractivity contribution in [3.05, 3.63) is 11.8 Å². The summed E-state index contributed by atoms with van der Waals surface area (Å²) in [4.78, 5) is 2.58. The number of allylic oxidation sites excluding steroid dienone is 1. The van der Waals surface area contributed by atoms with E-state index >= 15 is 0 Å². The van der Waals surface area contributed by atoms with E-state index in [0.717, 1.165) is 51.1 Å². The number of rotatable bonds is 3. The van der Waals surface area contributed by atoms with Crippen LogP contribution >= 0.6 is 0 Å². The van der Waals surface area contributed by atoms with E-state index < -0.39 is 6.10 Å². The van der Waals surface area contributed by atoms with E-state index in [2.05, 4.69) is 11.0 Å². The van der Waals surface area contributed by atoms with Crippen LogP contribution in [0.3, 0.4) is 0 Å². The third-order valence-corrected chi connectivity index (χ3v) is 5.20. The fraction of sp³-hybridized carbons (Fsp3) is 0.875. The number of ether oxygens (including phenoxy) is 1. The molecule has 1 unspecified atom stereocenters. The highest BCUT2D eigenvalue weighted by Crippen LogP contribution is 2.42. The number of piperidine rings is 1.